The lowest BCUT2D eigenvalue weighted by atomic mass is 9.67. The number of hydrogen-bond acceptors (Lipinski definition) is 0. The fraction of sp³-hybridized carbons (Fsp3) is 0.189. The molecule has 2 atom stereocenters. The van der Waals surface area contributed by atoms with Crippen LogP contribution in [0.15, 0.2) is 108 Å². The van der Waals surface area contributed by atoms with Crippen LogP contribution in [0, 0.1) is 6.92 Å². The maximum absolute atomic E-state index is 2.61. The van der Waals surface area contributed by atoms with Crippen molar-refractivity contribution < 1.29 is 0 Å². The van der Waals surface area contributed by atoms with Crippen molar-refractivity contribution in [3.05, 3.63) is 141 Å². The fourth-order valence-electron chi connectivity index (χ4n) is 7.89. The maximum atomic E-state index is 2.61. The van der Waals surface area contributed by atoms with Gasteiger partial charge in [-0.2, -0.15) is 0 Å². The van der Waals surface area contributed by atoms with Crippen LogP contribution in [-0.2, 0) is 5.41 Å². The van der Waals surface area contributed by atoms with Crippen molar-refractivity contribution in [3.63, 3.8) is 0 Å². The maximum Gasteiger partial charge on any atom is 0.0443 e. The summed E-state index contributed by atoms with van der Waals surface area (Å²) in [7, 11) is 0. The molecule has 0 saturated heterocycles. The third kappa shape index (κ3) is 2.54. The molecule has 0 heteroatoms. The standard InChI is InChI=1S/C37H30/c1-21-10-8-14-27-29(21)18-30-32(25-11-6-5-7-12-25)28-15-9-13-26-16-17-31-35(33(26)28)34(30)36(27)37(31)19-22(2)24(4)23(3)20-37/h5-19,32H,20H2,1-4H3. The fourth-order valence-corrected chi connectivity index (χ4v) is 7.89. The van der Waals surface area contributed by atoms with Gasteiger partial charge in [0.2, 0.25) is 0 Å². The average molecular weight is 475 g/mol. The highest BCUT2D eigenvalue weighted by Gasteiger charge is 2.48. The predicted molar refractivity (Wildman–Crippen MR) is 157 cm³/mol. The summed E-state index contributed by atoms with van der Waals surface area (Å²) in [4.78, 5) is 0. The number of rotatable bonds is 1. The molecule has 3 aliphatic carbocycles. The molecule has 0 fully saturated rings. The molecule has 0 aliphatic heterocycles. The second-order valence-corrected chi connectivity index (χ2v) is 11.5. The van der Waals surface area contributed by atoms with Gasteiger partial charge in [-0.3, -0.25) is 0 Å². The lowest BCUT2D eigenvalue weighted by Gasteiger charge is -2.35. The van der Waals surface area contributed by atoms with Gasteiger partial charge in [0.1, 0.15) is 0 Å². The van der Waals surface area contributed by atoms with Crippen molar-refractivity contribution in [1.29, 1.82) is 0 Å². The van der Waals surface area contributed by atoms with Gasteiger partial charge in [-0.1, -0.05) is 96.1 Å². The van der Waals surface area contributed by atoms with E-state index in [1.54, 1.807) is 0 Å². The van der Waals surface area contributed by atoms with Gasteiger partial charge in [-0.05, 0) is 112 Å². The van der Waals surface area contributed by atoms with Crippen LogP contribution in [0.2, 0.25) is 0 Å². The van der Waals surface area contributed by atoms with E-state index in [1.807, 2.05) is 0 Å². The van der Waals surface area contributed by atoms with Gasteiger partial charge < -0.3 is 0 Å². The van der Waals surface area contributed by atoms with E-state index in [2.05, 4.69) is 119 Å². The molecule has 0 heterocycles. The van der Waals surface area contributed by atoms with Crippen molar-refractivity contribution in [2.24, 2.45) is 0 Å². The summed E-state index contributed by atoms with van der Waals surface area (Å²) in [5, 5.41) is 5.64. The van der Waals surface area contributed by atoms with Crippen molar-refractivity contribution in [2.75, 3.05) is 0 Å². The molecule has 0 nitrogen and oxygen atoms in total. The van der Waals surface area contributed by atoms with Crippen LogP contribution >= 0.6 is 0 Å². The van der Waals surface area contributed by atoms with Crippen LogP contribution in [0.3, 0.4) is 0 Å². The number of benzene rings is 5. The van der Waals surface area contributed by atoms with Gasteiger partial charge in [0.05, 0.1) is 0 Å². The summed E-state index contributed by atoms with van der Waals surface area (Å²) in [5.74, 6) is 0.229. The highest BCUT2D eigenvalue weighted by atomic mass is 14.5. The first-order valence-electron chi connectivity index (χ1n) is 13.5. The van der Waals surface area contributed by atoms with Gasteiger partial charge in [0, 0.05) is 11.3 Å². The summed E-state index contributed by atoms with van der Waals surface area (Å²) in [6.45, 7) is 9.24. The zero-order chi connectivity index (χ0) is 25.1. The number of fused-ring (bicyclic) bond motifs is 4. The first-order valence-corrected chi connectivity index (χ1v) is 13.5. The van der Waals surface area contributed by atoms with Crippen molar-refractivity contribution in [1.82, 2.24) is 0 Å². The van der Waals surface area contributed by atoms with Gasteiger partial charge in [0.15, 0.2) is 0 Å². The van der Waals surface area contributed by atoms with Gasteiger partial charge in [-0.25, -0.2) is 0 Å². The molecule has 0 bridgehead atoms. The highest BCUT2D eigenvalue weighted by Crippen LogP contribution is 2.64. The summed E-state index contributed by atoms with van der Waals surface area (Å²) >= 11 is 0. The van der Waals surface area contributed by atoms with Crippen LogP contribution in [0.1, 0.15) is 66.5 Å². The molecule has 1 spiro atoms. The van der Waals surface area contributed by atoms with E-state index >= 15 is 0 Å². The molecule has 5 aromatic rings. The molecular weight excluding hydrogens is 444 g/mol. The van der Waals surface area contributed by atoms with E-state index in [1.165, 1.54) is 82.8 Å². The molecule has 5 aromatic carbocycles. The van der Waals surface area contributed by atoms with E-state index < -0.39 is 0 Å². The molecule has 0 aromatic heterocycles. The Morgan fingerprint density at radius 2 is 1.51 bits per heavy atom. The van der Waals surface area contributed by atoms with E-state index in [4.69, 9.17) is 0 Å². The second-order valence-electron chi connectivity index (χ2n) is 11.5. The Hall–Kier alpha value is -3.90. The van der Waals surface area contributed by atoms with E-state index in [-0.39, 0.29) is 11.3 Å². The number of allylic oxidation sites excluding steroid dienone is 4. The minimum atomic E-state index is -0.132. The van der Waals surface area contributed by atoms with Crippen LogP contribution in [0.5, 0.6) is 0 Å². The Morgan fingerprint density at radius 1 is 0.703 bits per heavy atom. The van der Waals surface area contributed by atoms with Crippen LogP contribution in [0.25, 0.3) is 32.7 Å². The molecule has 0 saturated carbocycles. The molecule has 0 N–H and O–H groups in total. The van der Waals surface area contributed by atoms with Gasteiger partial charge in [0.25, 0.3) is 0 Å². The number of hydrogen-bond donors (Lipinski definition) is 0. The predicted octanol–water partition coefficient (Wildman–Crippen LogP) is 9.75. The Labute approximate surface area is 219 Å². The topological polar surface area (TPSA) is 0 Å². The van der Waals surface area contributed by atoms with Gasteiger partial charge in [-0.15, -0.1) is 0 Å². The quantitative estimate of drug-likeness (QED) is 0.222. The molecule has 2 unspecified atom stereocenters. The molecular formula is C37H30. The van der Waals surface area contributed by atoms with E-state index in [0.717, 1.165) is 6.42 Å². The first kappa shape index (κ1) is 21.2. The second kappa shape index (κ2) is 7.11. The summed E-state index contributed by atoms with van der Waals surface area (Å²) in [6, 6.07) is 32.4. The molecule has 0 radical (unpaired) electrons. The Morgan fingerprint density at radius 3 is 2.32 bits per heavy atom. The van der Waals surface area contributed by atoms with Crippen molar-refractivity contribution >= 4 is 21.5 Å². The van der Waals surface area contributed by atoms with E-state index in [0.29, 0.717) is 0 Å². The summed E-state index contributed by atoms with van der Waals surface area (Å²) < 4.78 is 0. The van der Waals surface area contributed by atoms with Crippen LogP contribution in [0.4, 0.5) is 0 Å². The summed E-state index contributed by atoms with van der Waals surface area (Å²) in [6.07, 6.45) is 3.66. The zero-order valence-electron chi connectivity index (χ0n) is 21.9. The Balaban J connectivity index is 1.64. The third-order valence-electron chi connectivity index (χ3n) is 9.68. The normalized spacial score (nSPS) is 21.3. The van der Waals surface area contributed by atoms with Crippen LogP contribution in [-0.4, -0.2) is 0 Å². The van der Waals surface area contributed by atoms with Crippen LogP contribution < -0.4 is 0 Å². The highest BCUT2D eigenvalue weighted by molar-refractivity contribution is 6.12. The first-order chi connectivity index (χ1) is 18.0. The molecule has 3 aliphatic rings. The third-order valence-corrected chi connectivity index (χ3v) is 9.68. The SMILES string of the molecule is CC1=CC2(CC(C)=C1C)c1ccc3cccc4c3c1-c1c(cc3c(C)cccc3c12)C4c1ccccc1. The molecule has 178 valence electrons. The lowest BCUT2D eigenvalue weighted by Crippen LogP contribution is -2.27. The average Bonchev–Trinajstić information content (AvgIpc) is 3.19. The molecule has 8 rings (SSSR count). The molecule has 0 amide bonds. The lowest BCUT2D eigenvalue weighted by molar-refractivity contribution is 0.634. The van der Waals surface area contributed by atoms with Gasteiger partial charge >= 0.3 is 0 Å². The smallest absolute Gasteiger partial charge is 0.0443 e. The Bertz CT molecular complexity index is 1880. The minimum absolute atomic E-state index is 0.132. The number of aryl methyl sites for hydroxylation is 1. The monoisotopic (exact) mass is 474 g/mol. The largest absolute Gasteiger partial charge is 0.0686 e. The van der Waals surface area contributed by atoms with Crippen molar-refractivity contribution in [2.45, 2.75) is 45.4 Å². The summed E-state index contributed by atoms with van der Waals surface area (Å²) in [5.41, 5.74) is 15.9. The minimum Gasteiger partial charge on any atom is -0.0686 e. The zero-order valence-corrected chi connectivity index (χ0v) is 21.9. The van der Waals surface area contributed by atoms with E-state index in [9.17, 15) is 0 Å². The van der Waals surface area contributed by atoms with Crippen molar-refractivity contribution in [3.8, 4) is 11.1 Å². The Kier molecular flexibility index (Phi) is 4.07. The molecule has 37 heavy (non-hydrogen) atoms.